The van der Waals surface area contributed by atoms with Crippen LogP contribution in [0.3, 0.4) is 0 Å². The van der Waals surface area contributed by atoms with E-state index in [4.69, 9.17) is 5.11 Å². The molecule has 0 aliphatic carbocycles. The molecule has 0 aromatic heterocycles. The van der Waals surface area contributed by atoms with Gasteiger partial charge in [0, 0.05) is 12.2 Å². The maximum Gasteiger partial charge on any atom is 0.335 e. The SMILES string of the molecule is CCCCSCCC(=O)Nc1cc(C(=O)O)ccc1F. The zero-order valence-electron chi connectivity index (χ0n) is 11.3. The van der Waals surface area contributed by atoms with Gasteiger partial charge in [-0.25, -0.2) is 9.18 Å². The highest BCUT2D eigenvalue weighted by Gasteiger charge is 2.10. The molecular formula is C14H18FNO3S. The van der Waals surface area contributed by atoms with Crippen molar-refractivity contribution in [3.63, 3.8) is 0 Å². The Kier molecular flexibility index (Phi) is 7.08. The Morgan fingerprint density at radius 3 is 2.75 bits per heavy atom. The van der Waals surface area contributed by atoms with E-state index in [1.807, 2.05) is 0 Å². The normalized spacial score (nSPS) is 10.3. The fourth-order valence-electron chi connectivity index (χ4n) is 1.48. The maximum atomic E-state index is 13.5. The minimum Gasteiger partial charge on any atom is -0.478 e. The summed E-state index contributed by atoms with van der Waals surface area (Å²) in [7, 11) is 0. The number of thioether (sulfide) groups is 1. The van der Waals surface area contributed by atoms with Crippen molar-refractivity contribution < 1.29 is 19.1 Å². The first-order valence-corrected chi connectivity index (χ1v) is 7.60. The molecule has 2 N–H and O–H groups in total. The van der Waals surface area contributed by atoms with Crippen molar-refractivity contribution in [3.8, 4) is 0 Å². The minimum atomic E-state index is -1.16. The third-order valence-electron chi connectivity index (χ3n) is 2.60. The van der Waals surface area contributed by atoms with E-state index in [9.17, 15) is 14.0 Å². The van der Waals surface area contributed by atoms with Gasteiger partial charge in [0.05, 0.1) is 11.3 Å². The number of hydrogen-bond acceptors (Lipinski definition) is 3. The summed E-state index contributed by atoms with van der Waals surface area (Å²) >= 11 is 1.68. The van der Waals surface area contributed by atoms with E-state index < -0.39 is 11.8 Å². The van der Waals surface area contributed by atoms with Crippen molar-refractivity contribution in [2.24, 2.45) is 0 Å². The average molecular weight is 299 g/mol. The van der Waals surface area contributed by atoms with Gasteiger partial charge in [0.15, 0.2) is 0 Å². The van der Waals surface area contributed by atoms with Crippen molar-refractivity contribution in [2.75, 3.05) is 16.8 Å². The molecule has 20 heavy (non-hydrogen) atoms. The molecule has 110 valence electrons. The molecule has 0 aliphatic rings. The molecule has 0 aliphatic heterocycles. The molecule has 0 spiro atoms. The van der Waals surface area contributed by atoms with Crippen molar-refractivity contribution in [1.82, 2.24) is 0 Å². The van der Waals surface area contributed by atoms with Gasteiger partial charge in [-0.15, -0.1) is 0 Å². The van der Waals surface area contributed by atoms with E-state index in [0.717, 1.165) is 36.8 Å². The second-order valence-corrected chi connectivity index (χ2v) is 5.49. The summed E-state index contributed by atoms with van der Waals surface area (Å²) in [6, 6.07) is 3.32. The molecule has 0 saturated heterocycles. The maximum absolute atomic E-state index is 13.5. The van der Waals surface area contributed by atoms with Crippen LogP contribution in [-0.2, 0) is 4.79 Å². The van der Waals surface area contributed by atoms with Crippen LogP contribution in [0, 0.1) is 5.82 Å². The summed E-state index contributed by atoms with van der Waals surface area (Å²) in [4.78, 5) is 22.4. The Morgan fingerprint density at radius 2 is 2.10 bits per heavy atom. The molecule has 0 heterocycles. The molecule has 1 rings (SSSR count). The minimum absolute atomic E-state index is 0.0565. The fraction of sp³-hybridized carbons (Fsp3) is 0.429. The van der Waals surface area contributed by atoms with Gasteiger partial charge in [-0.1, -0.05) is 13.3 Å². The summed E-state index contributed by atoms with van der Waals surface area (Å²) in [5, 5.41) is 11.2. The van der Waals surface area contributed by atoms with Crippen LogP contribution < -0.4 is 5.32 Å². The highest BCUT2D eigenvalue weighted by Crippen LogP contribution is 2.17. The lowest BCUT2D eigenvalue weighted by Crippen LogP contribution is -2.14. The van der Waals surface area contributed by atoms with E-state index in [0.29, 0.717) is 5.75 Å². The highest BCUT2D eigenvalue weighted by molar-refractivity contribution is 7.99. The van der Waals surface area contributed by atoms with E-state index in [-0.39, 0.29) is 23.6 Å². The molecule has 0 radical (unpaired) electrons. The third-order valence-corrected chi connectivity index (χ3v) is 3.67. The Hall–Kier alpha value is -1.56. The number of carboxylic acid groups (broad SMARTS) is 1. The zero-order valence-corrected chi connectivity index (χ0v) is 12.1. The summed E-state index contributed by atoms with van der Waals surface area (Å²) in [6.07, 6.45) is 2.51. The van der Waals surface area contributed by atoms with Crippen molar-refractivity contribution in [1.29, 1.82) is 0 Å². The molecule has 6 heteroatoms. The molecule has 1 aromatic rings. The number of carbonyl (C=O) groups is 2. The fourth-order valence-corrected chi connectivity index (χ4v) is 2.51. The molecule has 0 atom stereocenters. The Morgan fingerprint density at radius 1 is 1.35 bits per heavy atom. The number of benzene rings is 1. The van der Waals surface area contributed by atoms with Crippen molar-refractivity contribution in [2.45, 2.75) is 26.2 Å². The lowest BCUT2D eigenvalue weighted by atomic mass is 10.2. The summed E-state index contributed by atoms with van der Waals surface area (Å²) in [5.41, 5.74) is -0.146. The molecule has 0 unspecified atom stereocenters. The number of halogens is 1. The van der Waals surface area contributed by atoms with Gasteiger partial charge >= 0.3 is 5.97 Å². The number of rotatable bonds is 8. The van der Waals surface area contributed by atoms with Gasteiger partial charge in [0.25, 0.3) is 0 Å². The molecular weight excluding hydrogens is 281 g/mol. The monoisotopic (exact) mass is 299 g/mol. The largest absolute Gasteiger partial charge is 0.478 e. The van der Waals surface area contributed by atoms with E-state index in [2.05, 4.69) is 12.2 Å². The first kappa shape index (κ1) is 16.5. The average Bonchev–Trinajstić information content (AvgIpc) is 2.40. The molecule has 4 nitrogen and oxygen atoms in total. The van der Waals surface area contributed by atoms with E-state index >= 15 is 0 Å². The number of aromatic carboxylic acids is 1. The Labute approximate surface area is 121 Å². The first-order chi connectivity index (χ1) is 9.54. The molecule has 1 amide bonds. The standard InChI is InChI=1S/C14H18FNO3S/c1-2-3-7-20-8-6-13(17)16-12-9-10(14(18)19)4-5-11(12)15/h4-5,9H,2-3,6-8H2,1H3,(H,16,17)(H,18,19). The zero-order chi connectivity index (χ0) is 15.0. The number of anilines is 1. The summed E-state index contributed by atoms with van der Waals surface area (Å²) in [5.74, 6) is -0.424. The van der Waals surface area contributed by atoms with Gasteiger partial charge in [0.1, 0.15) is 5.82 Å². The molecule has 1 aromatic carbocycles. The van der Waals surface area contributed by atoms with Crippen LogP contribution in [0.15, 0.2) is 18.2 Å². The van der Waals surface area contributed by atoms with Crippen LogP contribution in [0.4, 0.5) is 10.1 Å². The second kappa shape index (κ2) is 8.58. The summed E-state index contributed by atoms with van der Waals surface area (Å²) in [6.45, 7) is 2.10. The molecule has 0 saturated carbocycles. The third kappa shape index (κ3) is 5.61. The predicted molar refractivity (Wildman–Crippen MR) is 78.8 cm³/mol. The lowest BCUT2D eigenvalue weighted by Gasteiger charge is -2.07. The number of carbonyl (C=O) groups excluding carboxylic acids is 1. The second-order valence-electron chi connectivity index (χ2n) is 4.26. The van der Waals surface area contributed by atoms with Crippen LogP contribution in [0.1, 0.15) is 36.5 Å². The topological polar surface area (TPSA) is 66.4 Å². The van der Waals surface area contributed by atoms with Gasteiger partial charge in [0.2, 0.25) is 5.91 Å². The van der Waals surface area contributed by atoms with Gasteiger partial charge < -0.3 is 10.4 Å². The van der Waals surface area contributed by atoms with Crippen LogP contribution in [0.2, 0.25) is 0 Å². The smallest absolute Gasteiger partial charge is 0.335 e. The lowest BCUT2D eigenvalue weighted by molar-refractivity contribution is -0.115. The van der Waals surface area contributed by atoms with Crippen LogP contribution >= 0.6 is 11.8 Å². The van der Waals surface area contributed by atoms with Crippen LogP contribution in [-0.4, -0.2) is 28.5 Å². The predicted octanol–water partition coefficient (Wildman–Crippen LogP) is 3.39. The van der Waals surface area contributed by atoms with Gasteiger partial charge in [-0.3, -0.25) is 4.79 Å². The molecule has 0 bridgehead atoms. The Balaban J connectivity index is 2.49. The van der Waals surface area contributed by atoms with Gasteiger partial charge in [-0.05, 0) is 30.4 Å². The first-order valence-electron chi connectivity index (χ1n) is 6.45. The quantitative estimate of drug-likeness (QED) is 0.722. The summed E-state index contributed by atoms with van der Waals surface area (Å²) < 4.78 is 13.5. The van der Waals surface area contributed by atoms with Crippen LogP contribution in [0.25, 0.3) is 0 Å². The van der Waals surface area contributed by atoms with Crippen molar-refractivity contribution in [3.05, 3.63) is 29.6 Å². The van der Waals surface area contributed by atoms with E-state index in [1.165, 1.54) is 0 Å². The van der Waals surface area contributed by atoms with E-state index in [1.54, 1.807) is 11.8 Å². The number of hydrogen-bond donors (Lipinski definition) is 2. The molecule has 0 fully saturated rings. The van der Waals surface area contributed by atoms with Crippen molar-refractivity contribution >= 4 is 29.3 Å². The number of carboxylic acids is 1. The number of unbranched alkanes of at least 4 members (excludes halogenated alkanes) is 1. The Bertz CT molecular complexity index is 479. The number of amides is 1. The van der Waals surface area contributed by atoms with Gasteiger partial charge in [-0.2, -0.15) is 11.8 Å². The highest BCUT2D eigenvalue weighted by atomic mass is 32.2. The van der Waals surface area contributed by atoms with Crippen LogP contribution in [0.5, 0.6) is 0 Å². The number of nitrogens with one attached hydrogen (secondary N) is 1.